The van der Waals surface area contributed by atoms with E-state index in [1.165, 1.54) is 6.08 Å². The maximum atomic E-state index is 12.6. The summed E-state index contributed by atoms with van der Waals surface area (Å²) in [5.41, 5.74) is -0.564. The van der Waals surface area contributed by atoms with Crippen molar-refractivity contribution >= 4 is 0 Å². The van der Waals surface area contributed by atoms with E-state index in [0.717, 1.165) is 0 Å². The summed E-state index contributed by atoms with van der Waals surface area (Å²) in [6, 6.07) is 37.8. The summed E-state index contributed by atoms with van der Waals surface area (Å²) in [6.07, 6.45) is -0.375. The second kappa shape index (κ2) is 14.1. The van der Waals surface area contributed by atoms with E-state index in [1.807, 2.05) is 135 Å². The number of hydrogen-bond acceptors (Lipinski definition) is 4. The largest absolute Gasteiger partial charge is 2.00 e. The second-order valence-corrected chi connectivity index (χ2v) is 9.76. The van der Waals surface area contributed by atoms with Gasteiger partial charge in [-0.3, -0.25) is 0 Å². The monoisotopic (exact) mass is 570 g/mol. The molecule has 4 nitrogen and oxygen atoms in total. The Morgan fingerprint density at radius 1 is 0.625 bits per heavy atom. The Kier molecular flexibility index (Phi) is 11.7. The predicted molar refractivity (Wildman–Crippen MR) is 158 cm³/mol. The Bertz CT molecular complexity index is 1120. The van der Waals surface area contributed by atoms with Crippen LogP contribution in [0.3, 0.4) is 0 Å². The number of allylic oxidation sites excluding steroid dienone is 1. The topological polar surface area (TPSA) is 58.9 Å². The Morgan fingerprint density at radius 3 is 1.02 bits per heavy atom. The van der Waals surface area contributed by atoms with Crippen LogP contribution in [0.1, 0.15) is 36.1 Å². The van der Waals surface area contributed by atoms with E-state index in [9.17, 15) is 10.2 Å². The standard InChI is InChI=1S/C31H30O4.C3H5.CH3.Ti/c1-29(2)34-27(30(32,23-15-7-3-8-16-23)24-17-9-4-10-18-24)28(35-29)31(33,25-19-11-5-12-20-25)26-21-13-6-14-22-26;1-3-2;;/h3-22,27-28,32-33H,1-2H3;3H,1-2H2;1H3;/q;2*-1;+2/t27-,28?;;;/m1.../s1. The minimum atomic E-state index is -1.60. The first-order valence-electron chi connectivity index (χ1n) is 12.7. The molecule has 1 saturated heterocycles. The third-order valence-electron chi connectivity index (χ3n) is 6.78. The molecular weight excluding hydrogens is 532 g/mol. The van der Waals surface area contributed by atoms with Gasteiger partial charge in [-0.2, -0.15) is 0 Å². The summed E-state index contributed by atoms with van der Waals surface area (Å²) in [5, 5.41) is 25.2. The van der Waals surface area contributed by atoms with Crippen molar-refractivity contribution in [1.29, 1.82) is 0 Å². The fraction of sp³-hybridized carbons (Fsp3) is 0.200. The van der Waals surface area contributed by atoms with Gasteiger partial charge < -0.3 is 27.1 Å². The molecule has 2 atom stereocenters. The van der Waals surface area contributed by atoms with Crippen LogP contribution in [0.15, 0.2) is 134 Å². The number of ether oxygens (including phenoxy) is 2. The van der Waals surface area contributed by atoms with Crippen LogP contribution in [0.25, 0.3) is 0 Å². The van der Waals surface area contributed by atoms with Crippen LogP contribution in [-0.2, 0) is 42.4 Å². The Hall–Kier alpha value is -2.96. The summed E-state index contributed by atoms with van der Waals surface area (Å²) >= 11 is 0. The van der Waals surface area contributed by atoms with E-state index >= 15 is 0 Å². The van der Waals surface area contributed by atoms with Gasteiger partial charge in [0.05, 0.1) is 0 Å². The molecule has 2 N–H and O–H groups in total. The van der Waals surface area contributed by atoms with Gasteiger partial charge in [-0.1, -0.05) is 121 Å². The van der Waals surface area contributed by atoms with Gasteiger partial charge in [-0.25, -0.2) is 19.6 Å². The Morgan fingerprint density at radius 2 is 0.825 bits per heavy atom. The molecule has 0 amide bonds. The van der Waals surface area contributed by atoms with Gasteiger partial charge in [-0.05, 0) is 36.1 Å². The average molecular weight is 571 g/mol. The number of hydrogen-bond donors (Lipinski definition) is 2. The minimum Gasteiger partial charge on any atom is -0.378 e. The quantitative estimate of drug-likeness (QED) is 0.197. The van der Waals surface area contributed by atoms with E-state index in [2.05, 4.69) is 13.5 Å². The van der Waals surface area contributed by atoms with Crippen molar-refractivity contribution in [3.05, 3.63) is 171 Å². The first-order valence-corrected chi connectivity index (χ1v) is 12.7. The van der Waals surface area contributed by atoms with Crippen LogP contribution in [0.4, 0.5) is 0 Å². The van der Waals surface area contributed by atoms with Gasteiger partial charge in [-0.15, -0.1) is 0 Å². The van der Waals surface area contributed by atoms with Gasteiger partial charge >= 0.3 is 21.7 Å². The van der Waals surface area contributed by atoms with E-state index in [0.29, 0.717) is 22.3 Å². The number of aliphatic hydroxyl groups is 2. The fourth-order valence-electron chi connectivity index (χ4n) is 5.13. The van der Waals surface area contributed by atoms with Crippen molar-refractivity contribution in [2.45, 2.75) is 43.0 Å². The van der Waals surface area contributed by atoms with E-state index in [1.54, 1.807) is 0 Å². The van der Waals surface area contributed by atoms with Gasteiger partial charge in [0.1, 0.15) is 23.4 Å². The Balaban J connectivity index is 0.00000107. The van der Waals surface area contributed by atoms with Gasteiger partial charge in [0.2, 0.25) is 0 Å². The van der Waals surface area contributed by atoms with Crippen LogP contribution in [-0.4, -0.2) is 28.2 Å². The summed E-state index contributed by atoms with van der Waals surface area (Å²) in [7, 11) is 0. The van der Waals surface area contributed by atoms with Crippen molar-refractivity contribution in [2.24, 2.45) is 0 Å². The van der Waals surface area contributed by atoms with Gasteiger partial charge in [0.25, 0.3) is 0 Å². The molecule has 1 aliphatic rings. The predicted octanol–water partition coefficient (Wildman–Crippen LogP) is 6.83. The molecule has 0 spiro atoms. The van der Waals surface area contributed by atoms with Crippen LogP contribution in [0, 0.1) is 14.4 Å². The third-order valence-corrected chi connectivity index (χ3v) is 6.78. The molecule has 1 unspecified atom stereocenters. The van der Waals surface area contributed by atoms with Crippen LogP contribution < -0.4 is 0 Å². The maximum Gasteiger partial charge on any atom is 2.00 e. The van der Waals surface area contributed by atoms with Crippen LogP contribution >= 0.6 is 0 Å². The number of benzene rings is 4. The van der Waals surface area contributed by atoms with Crippen molar-refractivity contribution in [3.63, 3.8) is 0 Å². The molecule has 5 rings (SSSR count). The molecule has 1 aliphatic heterocycles. The molecular formula is C35H38O4Ti. The molecule has 5 heteroatoms. The van der Waals surface area contributed by atoms with E-state index in [4.69, 9.17) is 9.47 Å². The fourth-order valence-corrected chi connectivity index (χ4v) is 5.13. The molecule has 4 aromatic rings. The summed E-state index contributed by atoms with van der Waals surface area (Å²) in [6.45, 7) is 10.1. The van der Waals surface area contributed by atoms with Gasteiger partial charge in [0.15, 0.2) is 5.79 Å². The first-order chi connectivity index (χ1) is 18.3. The smallest absolute Gasteiger partial charge is 0.378 e. The van der Waals surface area contributed by atoms with Gasteiger partial charge in [0, 0.05) is 0 Å². The number of rotatable bonds is 6. The molecule has 0 radical (unpaired) electrons. The van der Waals surface area contributed by atoms with Crippen molar-refractivity contribution in [2.75, 3.05) is 0 Å². The maximum absolute atomic E-state index is 12.6. The molecule has 1 heterocycles. The molecule has 0 bridgehead atoms. The van der Waals surface area contributed by atoms with E-state index in [-0.39, 0.29) is 29.1 Å². The first kappa shape index (κ1) is 33.3. The molecule has 206 valence electrons. The minimum absolute atomic E-state index is 0. The molecule has 0 saturated carbocycles. The zero-order valence-electron chi connectivity index (χ0n) is 23.4. The SMILES string of the molecule is C=C[CH2-].CC1(C)OC(C(O)(c2ccccc2)c2ccccc2)[C@H](C(O)(c2ccccc2)c2ccccc2)O1.[CH3-].[Ti+2]. The molecule has 0 aromatic heterocycles. The third kappa shape index (κ3) is 6.50. The summed E-state index contributed by atoms with van der Waals surface area (Å²) in [5.74, 6) is -1.05. The molecule has 4 aromatic carbocycles. The van der Waals surface area contributed by atoms with Crippen LogP contribution in [0.5, 0.6) is 0 Å². The van der Waals surface area contributed by atoms with Crippen molar-refractivity contribution < 1.29 is 41.4 Å². The molecule has 40 heavy (non-hydrogen) atoms. The zero-order valence-corrected chi connectivity index (χ0v) is 25.0. The Labute approximate surface area is 254 Å². The normalized spacial score (nSPS) is 17.8. The molecule has 1 fully saturated rings. The second-order valence-electron chi connectivity index (χ2n) is 9.76. The summed E-state index contributed by atoms with van der Waals surface area (Å²) < 4.78 is 13.0. The average Bonchev–Trinajstić information content (AvgIpc) is 3.30. The van der Waals surface area contributed by atoms with Crippen molar-refractivity contribution in [3.8, 4) is 0 Å². The van der Waals surface area contributed by atoms with E-state index < -0.39 is 29.2 Å². The van der Waals surface area contributed by atoms with Crippen molar-refractivity contribution in [1.82, 2.24) is 0 Å². The van der Waals surface area contributed by atoms with Crippen LogP contribution in [0.2, 0.25) is 0 Å². The zero-order chi connectivity index (χ0) is 27.2. The molecule has 0 aliphatic carbocycles. The summed E-state index contributed by atoms with van der Waals surface area (Å²) in [4.78, 5) is 0.